The minimum absolute atomic E-state index is 0. The molecule has 0 aromatic rings. The highest BCUT2D eigenvalue weighted by Crippen LogP contribution is 2.12. The number of quaternary nitrogens is 1. The maximum absolute atomic E-state index is 8.93. The molecule has 0 fully saturated rings. The van der Waals surface area contributed by atoms with Gasteiger partial charge in [-0.05, 0) is 41.5 Å². The van der Waals surface area contributed by atoms with Crippen molar-refractivity contribution >= 4 is 5.96 Å². The second-order valence-corrected chi connectivity index (χ2v) is 4.33. The van der Waals surface area contributed by atoms with Crippen LogP contribution < -0.4 is 5.11 Å². The Hall–Kier alpha value is -0.610. The largest absolute Gasteiger partial charge is 0.855 e. The maximum atomic E-state index is 8.93. The predicted molar refractivity (Wildman–Crippen MR) is 83.3 cm³/mol. The lowest BCUT2D eigenvalue weighted by Crippen LogP contribution is -2.59. The van der Waals surface area contributed by atoms with Gasteiger partial charge in [0.2, 0.25) is 0 Å². The minimum Gasteiger partial charge on any atom is -0.855 e. The fourth-order valence-electron chi connectivity index (χ4n) is 2.29. The Morgan fingerprint density at radius 2 is 1.26 bits per heavy atom. The first-order valence-electron chi connectivity index (χ1n) is 7.81. The first-order valence-corrected chi connectivity index (χ1v) is 7.81. The van der Waals surface area contributed by atoms with Crippen molar-refractivity contribution in [3.8, 4) is 0 Å². The SMILES string of the molecule is CCN=C(N(CC)CC)[N+](CC)(CC)CC.CC[O-]. The van der Waals surface area contributed by atoms with Gasteiger partial charge < -0.3 is 10.0 Å². The molecule has 0 aliphatic rings. The molecule has 0 aromatic heterocycles. The monoisotopic (exact) mass is 273 g/mol. The molecule has 0 heterocycles. The van der Waals surface area contributed by atoms with Crippen LogP contribution in [-0.4, -0.2) is 61.2 Å². The van der Waals surface area contributed by atoms with Gasteiger partial charge in [-0.1, -0.05) is 6.92 Å². The third kappa shape index (κ3) is 6.39. The van der Waals surface area contributed by atoms with Crippen LogP contribution in [-0.2, 0) is 0 Å². The normalized spacial score (nSPS) is 11.9. The van der Waals surface area contributed by atoms with Crippen molar-refractivity contribution in [2.75, 3.05) is 45.9 Å². The van der Waals surface area contributed by atoms with Crippen LogP contribution in [0.1, 0.15) is 48.5 Å². The Balaban J connectivity index is 0. The summed E-state index contributed by atoms with van der Waals surface area (Å²) in [5.74, 6) is 1.28. The third-order valence-electron chi connectivity index (χ3n) is 3.59. The summed E-state index contributed by atoms with van der Waals surface area (Å²) >= 11 is 0. The molecule has 0 saturated carbocycles. The molecule has 4 heteroatoms. The van der Waals surface area contributed by atoms with Gasteiger partial charge in [-0.2, -0.15) is 0 Å². The van der Waals surface area contributed by atoms with Crippen molar-refractivity contribution in [1.82, 2.24) is 4.90 Å². The molecule has 0 atom stereocenters. The standard InChI is InChI=1S/C13H30N3.C2H5O/c1-7-14-13(15(8-2)9-3)16(10-4,11-5)12-6;1-2-3/h7-12H2,1-6H3;2H2,1H3/q+1;-1. The van der Waals surface area contributed by atoms with Gasteiger partial charge in [-0.25, -0.2) is 4.99 Å². The highest BCUT2D eigenvalue weighted by Gasteiger charge is 2.32. The van der Waals surface area contributed by atoms with Crippen LogP contribution in [0.25, 0.3) is 0 Å². The van der Waals surface area contributed by atoms with Crippen molar-refractivity contribution in [3.63, 3.8) is 0 Å². The molecular formula is C15H35N3O. The van der Waals surface area contributed by atoms with Gasteiger partial charge in [-0.3, -0.25) is 4.48 Å². The van der Waals surface area contributed by atoms with Crippen molar-refractivity contribution in [3.05, 3.63) is 0 Å². The van der Waals surface area contributed by atoms with Gasteiger partial charge in [-0.15, -0.1) is 6.61 Å². The fraction of sp³-hybridized carbons (Fsp3) is 0.933. The third-order valence-corrected chi connectivity index (χ3v) is 3.59. The minimum atomic E-state index is 0. The zero-order valence-electron chi connectivity index (χ0n) is 14.2. The molecule has 0 saturated heterocycles. The van der Waals surface area contributed by atoms with Crippen LogP contribution in [0.15, 0.2) is 4.99 Å². The number of aliphatic imine (C=N–C) groups is 1. The molecule has 0 radical (unpaired) electrons. The Bertz CT molecular complexity index is 213. The van der Waals surface area contributed by atoms with E-state index in [0.717, 1.165) is 43.8 Å². The van der Waals surface area contributed by atoms with Gasteiger partial charge in [0.15, 0.2) is 0 Å². The van der Waals surface area contributed by atoms with E-state index in [9.17, 15) is 0 Å². The van der Waals surface area contributed by atoms with E-state index < -0.39 is 0 Å². The zero-order chi connectivity index (χ0) is 15.3. The van der Waals surface area contributed by atoms with E-state index in [2.05, 4.69) is 46.4 Å². The molecule has 4 nitrogen and oxygen atoms in total. The van der Waals surface area contributed by atoms with E-state index in [0.29, 0.717) is 0 Å². The molecule has 0 amide bonds. The Morgan fingerprint density at radius 3 is 1.47 bits per heavy atom. The average molecular weight is 273 g/mol. The van der Waals surface area contributed by atoms with Crippen molar-refractivity contribution in [2.45, 2.75) is 48.5 Å². The molecule has 0 aliphatic carbocycles. The zero-order valence-corrected chi connectivity index (χ0v) is 14.2. The quantitative estimate of drug-likeness (QED) is 0.421. The van der Waals surface area contributed by atoms with Crippen LogP contribution in [0.5, 0.6) is 0 Å². The predicted octanol–water partition coefficient (Wildman–Crippen LogP) is 1.95. The summed E-state index contributed by atoms with van der Waals surface area (Å²) in [5, 5.41) is 8.93. The molecule has 0 spiro atoms. The topological polar surface area (TPSA) is 38.7 Å². The molecule has 0 aromatic carbocycles. The summed E-state index contributed by atoms with van der Waals surface area (Å²) < 4.78 is 1.01. The Morgan fingerprint density at radius 1 is 0.895 bits per heavy atom. The van der Waals surface area contributed by atoms with Gasteiger partial charge in [0.05, 0.1) is 19.6 Å². The molecule has 0 bridgehead atoms. The molecule has 116 valence electrons. The van der Waals surface area contributed by atoms with E-state index in [4.69, 9.17) is 10.1 Å². The smallest absolute Gasteiger partial charge is 0.300 e. The lowest BCUT2D eigenvalue weighted by Gasteiger charge is -2.39. The first-order chi connectivity index (χ1) is 9.06. The molecule has 0 rings (SSSR count). The van der Waals surface area contributed by atoms with Crippen LogP contribution >= 0.6 is 0 Å². The Kier molecular flexibility index (Phi) is 13.5. The van der Waals surface area contributed by atoms with E-state index in [1.165, 1.54) is 5.96 Å². The summed E-state index contributed by atoms with van der Waals surface area (Å²) in [6, 6.07) is 0. The Labute approximate surface area is 120 Å². The maximum Gasteiger partial charge on any atom is 0.300 e. The number of rotatable bonds is 6. The summed E-state index contributed by atoms with van der Waals surface area (Å²) in [5.41, 5.74) is 0. The van der Waals surface area contributed by atoms with Crippen molar-refractivity contribution in [2.24, 2.45) is 4.99 Å². The van der Waals surface area contributed by atoms with Crippen LogP contribution in [0.4, 0.5) is 0 Å². The average Bonchev–Trinajstić information content (AvgIpc) is 2.43. The first kappa shape index (κ1) is 20.7. The number of hydrogen-bond acceptors (Lipinski definition) is 2. The van der Waals surface area contributed by atoms with E-state index >= 15 is 0 Å². The summed E-state index contributed by atoms with van der Waals surface area (Å²) in [6.45, 7) is 21.3. The van der Waals surface area contributed by atoms with E-state index in [-0.39, 0.29) is 6.61 Å². The molecular weight excluding hydrogens is 238 g/mol. The molecule has 0 N–H and O–H groups in total. The number of guanidine groups is 1. The second kappa shape index (κ2) is 12.4. The summed E-state index contributed by atoms with van der Waals surface area (Å²) in [7, 11) is 0. The van der Waals surface area contributed by atoms with Crippen molar-refractivity contribution < 1.29 is 9.59 Å². The van der Waals surface area contributed by atoms with Gasteiger partial charge >= 0.3 is 0 Å². The van der Waals surface area contributed by atoms with E-state index in [1.54, 1.807) is 6.92 Å². The van der Waals surface area contributed by atoms with Crippen LogP contribution in [0.3, 0.4) is 0 Å². The van der Waals surface area contributed by atoms with E-state index in [1.807, 2.05) is 0 Å². The highest BCUT2D eigenvalue weighted by molar-refractivity contribution is 5.73. The second-order valence-electron chi connectivity index (χ2n) is 4.33. The molecule has 19 heavy (non-hydrogen) atoms. The fourth-order valence-corrected chi connectivity index (χ4v) is 2.29. The van der Waals surface area contributed by atoms with Gasteiger partial charge in [0, 0.05) is 19.6 Å². The lowest BCUT2D eigenvalue weighted by molar-refractivity contribution is -0.841. The number of nitrogens with zero attached hydrogens (tertiary/aromatic N) is 3. The lowest BCUT2D eigenvalue weighted by atomic mass is 10.3. The number of hydrogen-bond donors (Lipinski definition) is 0. The summed E-state index contributed by atoms with van der Waals surface area (Å²) in [6.07, 6.45) is 0. The molecule has 0 aliphatic heterocycles. The van der Waals surface area contributed by atoms with Crippen LogP contribution in [0.2, 0.25) is 0 Å². The van der Waals surface area contributed by atoms with Gasteiger partial charge in [0.1, 0.15) is 0 Å². The summed E-state index contributed by atoms with van der Waals surface area (Å²) in [4.78, 5) is 7.17. The highest BCUT2D eigenvalue weighted by atomic mass is 16.2. The van der Waals surface area contributed by atoms with Gasteiger partial charge in [0.25, 0.3) is 5.96 Å². The molecule has 0 unspecified atom stereocenters. The van der Waals surface area contributed by atoms with Crippen molar-refractivity contribution in [1.29, 1.82) is 0 Å². The van der Waals surface area contributed by atoms with Crippen LogP contribution in [0, 0.1) is 0 Å².